The molecular formula is C6H12N2O2. The van der Waals surface area contributed by atoms with Crippen molar-refractivity contribution in [2.75, 3.05) is 13.2 Å². The van der Waals surface area contributed by atoms with Gasteiger partial charge in [-0.3, -0.25) is 4.79 Å². The van der Waals surface area contributed by atoms with Crippen molar-refractivity contribution in [2.45, 2.75) is 18.4 Å². The lowest BCUT2D eigenvalue weighted by molar-refractivity contribution is -0.119. The Morgan fingerprint density at radius 1 is 1.70 bits per heavy atom. The van der Waals surface area contributed by atoms with Crippen molar-refractivity contribution in [2.24, 2.45) is 11.5 Å². The van der Waals surface area contributed by atoms with Crippen molar-refractivity contribution >= 4 is 5.91 Å². The molecule has 58 valence electrons. The minimum atomic E-state index is -0.480. The van der Waals surface area contributed by atoms with E-state index in [1.807, 2.05) is 0 Å². The van der Waals surface area contributed by atoms with Gasteiger partial charge >= 0.3 is 0 Å². The maximum Gasteiger partial charge on any atom is 0.219 e. The van der Waals surface area contributed by atoms with Gasteiger partial charge < -0.3 is 16.2 Å². The lowest BCUT2D eigenvalue weighted by Crippen LogP contribution is -2.43. The summed E-state index contributed by atoms with van der Waals surface area (Å²) < 4.78 is 5.03. The van der Waals surface area contributed by atoms with E-state index in [1.165, 1.54) is 0 Å². The second-order valence-corrected chi connectivity index (χ2v) is 2.81. The van der Waals surface area contributed by atoms with Crippen molar-refractivity contribution < 1.29 is 9.53 Å². The van der Waals surface area contributed by atoms with Crippen molar-refractivity contribution in [3.05, 3.63) is 0 Å². The first kappa shape index (κ1) is 7.50. The van der Waals surface area contributed by atoms with E-state index in [1.54, 1.807) is 0 Å². The first-order valence-corrected chi connectivity index (χ1v) is 3.27. The average molecular weight is 144 g/mol. The Morgan fingerprint density at radius 2 is 2.40 bits per heavy atom. The molecule has 0 radical (unpaired) electrons. The van der Waals surface area contributed by atoms with Crippen molar-refractivity contribution in [1.82, 2.24) is 0 Å². The third-order valence-electron chi connectivity index (χ3n) is 1.66. The molecule has 0 aromatic rings. The average Bonchev–Trinajstić information content (AvgIpc) is 2.12. The van der Waals surface area contributed by atoms with E-state index in [0.717, 1.165) is 6.42 Å². The minimum Gasteiger partial charge on any atom is -0.379 e. The molecule has 1 rings (SSSR count). The van der Waals surface area contributed by atoms with Crippen LogP contribution in [0.5, 0.6) is 0 Å². The molecule has 10 heavy (non-hydrogen) atoms. The van der Waals surface area contributed by atoms with Crippen molar-refractivity contribution in [3.8, 4) is 0 Å². The summed E-state index contributed by atoms with van der Waals surface area (Å²) in [7, 11) is 0. The highest BCUT2D eigenvalue weighted by Gasteiger charge is 2.31. The molecule has 1 fully saturated rings. The Balaban J connectivity index is 2.43. The van der Waals surface area contributed by atoms with Crippen molar-refractivity contribution in [1.29, 1.82) is 0 Å². The first-order chi connectivity index (χ1) is 4.62. The molecule has 1 aliphatic rings. The van der Waals surface area contributed by atoms with E-state index in [-0.39, 0.29) is 12.3 Å². The Morgan fingerprint density at radius 3 is 2.80 bits per heavy atom. The fourth-order valence-electron chi connectivity index (χ4n) is 1.11. The molecule has 1 amide bonds. The third-order valence-corrected chi connectivity index (χ3v) is 1.66. The zero-order chi connectivity index (χ0) is 7.61. The van der Waals surface area contributed by atoms with Crippen LogP contribution in [0.3, 0.4) is 0 Å². The van der Waals surface area contributed by atoms with Gasteiger partial charge in [0.15, 0.2) is 0 Å². The fraction of sp³-hybridized carbons (Fsp3) is 0.833. The van der Waals surface area contributed by atoms with E-state index in [9.17, 15) is 4.79 Å². The Kier molecular flexibility index (Phi) is 1.92. The molecular weight excluding hydrogens is 132 g/mol. The van der Waals surface area contributed by atoms with Gasteiger partial charge in [-0.25, -0.2) is 0 Å². The van der Waals surface area contributed by atoms with Gasteiger partial charge in [0.1, 0.15) is 0 Å². The quantitative estimate of drug-likeness (QED) is 0.520. The van der Waals surface area contributed by atoms with Gasteiger partial charge in [-0.05, 0) is 6.42 Å². The number of amides is 1. The molecule has 1 saturated heterocycles. The number of carbonyl (C=O) groups excluding carboxylic acids is 1. The van der Waals surface area contributed by atoms with Gasteiger partial charge in [0.2, 0.25) is 5.91 Å². The number of carbonyl (C=O) groups is 1. The van der Waals surface area contributed by atoms with Crippen LogP contribution in [-0.2, 0) is 9.53 Å². The Bertz CT molecular complexity index is 141. The number of ether oxygens (including phenoxy) is 1. The van der Waals surface area contributed by atoms with Gasteiger partial charge in [-0.15, -0.1) is 0 Å². The maximum atomic E-state index is 10.4. The topological polar surface area (TPSA) is 78.3 Å². The molecule has 1 unspecified atom stereocenters. The van der Waals surface area contributed by atoms with Crippen LogP contribution < -0.4 is 11.5 Å². The molecule has 4 heteroatoms. The van der Waals surface area contributed by atoms with E-state index < -0.39 is 5.54 Å². The zero-order valence-corrected chi connectivity index (χ0v) is 5.80. The number of hydrogen-bond acceptors (Lipinski definition) is 3. The van der Waals surface area contributed by atoms with Crippen LogP contribution in [0.1, 0.15) is 12.8 Å². The molecule has 0 aliphatic carbocycles. The monoisotopic (exact) mass is 144 g/mol. The maximum absolute atomic E-state index is 10.4. The highest BCUT2D eigenvalue weighted by atomic mass is 16.5. The van der Waals surface area contributed by atoms with Crippen LogP contribution in [0.4, 0.5) is 0 Å². The minimum absolute atomic E-state index is 0.229. The number of nitrogens with two attached hydrogens (primary N) is 2. The highest BCUT2D eigenvalue weighted by molar-refractivity contribution is 5.75. The molecule has 1 aliphatic heterocycles. The normalized spacial score (nSPS) is 32.5. The van der Waals surface area contributed by atoms with Crippen LogP contribution in [-0.4, -0.2) is 24.7 Å². The van der Waals surface area contributed by atoms with Gasteiger partial charge in [0.25, 0.3) is 0 Å². The molecule has 4 N–H and O–H groups in total. The summed E-state index contributed by atoms with van der Waals surface area (Å²) in [5, 5.41) is 0. The molecule has 1 atom stereocenters. The third kappa shape index (κ3) is 1.68. The summed E-state index contributed by atoms with van der Waals surface area (Å²) in [5.41, 5.74) is 10.2. The van der Waals surface area contributed by atoms with Crippen LogP contribution in [0.2, 0.25) is 0 Å². The van der Waals surface area contributed by atoms with Crippen LogP contribution in [0.25, 0.3) is 0 Å². The molecule has 0 spiro atoms. The van der Waals surface area contributed by atoms with Crippen LogP contribution in [0.15, 0.2) is 0 Å². The van der Waals surface area contributed by atoms with Gasteiger partial charge in [-0.1, -0.05) is 0 Å². The molecule has 4 nitrogen and oxygen atoms in total. The van der Waals surface area contributed by atoms with E-state index in [0.29, 0.717) is 13.2 Å². The summed E-state index contributed by atoms with van der Waals surface area (Å²) in [6.45, 7) is 1.10. The number of primary amides is 1. The fourth-order valence-corrected chi connectivity index (χ4v) is 1.11. The summed E-state index contributed by atoms with van der Waals surface area (Å²) >= 11 is 0. The Hall–Kier alpha value is -0.610. The predicted molar refractivity (Wildman–Crippen MR) is 36.2 cm³/mol. The van der Waals surface area contributed by atoms with E-state index >= 15 is 0 Å². The Labute approximate surface area is 59.5 Å². The lowest BCUT2D eigenvalue weighted by atomic mass is 9.96. The van der Waals surface area contributed by atoms with E-state index in [4.69, 9.17) is 16.2 Å². The van der Waals surface area contributed by atoms with Crippen molar-refractivity contribution in [3.63, 3.8) is 0 Å². The van der Waals surface area contributed by atoms with Gasteiger partial charge in [0.05, 0.1) is 12.1 Å². The summed E-state index contributed by atoms with van der Waals surface area (Å²) in [6, 6.07) is 0. The zero-order valence-electron chi connectivity index (χ0n) is 5.80. The lowest BCUT2D eigenvalue weighted by Gasteiger charge is -2.18. The molecule has 1 heterocycles. The second-order valence-electron chi connectivity index (χ2n) is 2.81. The number of hydrogen-bond donors (Lipinski definition) is 2. The standard InChI is InChI=1S/C6H12N2O2/c7-5(9)3-6(8)1-2-10-4-6/h1-4,8H2,(H2,7,9). The summed E-state index contributed by atoms with van der Waals surface area (Å²) in [6.07, 6.45) is 0.961. The molecule has 0 bridgehead atoms. The second kappa shape index (κ2) is 2.56. The largest absolute Gasteiger partial charge is 0.379 e. The van der Waals surface area contributed by atoms with E-state index in [2.05, 4.69) is 0 Å². The molecule has 0 aromatic carbocycles. The summed E-state index contributed by atoms with van der Waals surface area (Å²) in [5.74, 6) is -0.354. The predicted octanol–water partition coefficient (Wildman–Crippen LogP) is -1.02. The molecule has 0 aromatic heterocycles. The summed E-state index contributed by atoms with van der Waals surface area (Å²) in [4.78, 5) is 10.4. The smallest absolute Gasteiger partial charge is 0.219 e. The SMILES string of the molecule is NC(=O)CC1(N)CCOC1. The van der Waals surface area contributed by atoms with Crippen LogP contribution >= 0.6 is 0 Å². The number of rotatable bonds is 2. The first-order valence-electron chi connectivity index (χ1n) is 3.27. The van der Waals surface area contributed by atoms with Gasteiger partial charge in [0, 0.05) is 13.0 Å². The van der Waals surface area contributed by atoms with Crippen LogP contribution in [0, 0.1) is 0 Å². The van der Waals surface area contributed by atoms with Gasteiger partial charge in [-0.2, -0.15) is 0 Å². The highest BCUT2D eigenvalue weighted by Crippen LogP contribution is 2.18. The molecule has 0 saturated carbocycles.